The van der Waals surface area contributed by atoms with Crippen molar-refractivity contribution in [2.24, 2.45) is 0 Å². The highest BCUT2D eigenvalue weighted by molar-refractivity contribution is 7.89. The molecular weight excluding hydrogens is 312 g/mol. The molecule has 0 spiro atoms. The van der Waals surface area contributed by atoms with Crippen LogP contribution in [0.15, 0.2) is 59.6 Å². The number of aliphatic hydroxyl groups is 1. The first-order valence-corrected chi connectivity index (χ1v) is 8.89. The SMILES string of the molecule is O=S1(=O)N[C@H](Cc2c[nH]c3ccccc23)[C@H](O)c2ccccc21. The van der Waals surface area contributed by atoms with E-state index in [2.05, 4.69) is 9.71 Å². The van der Waals surface area contributed by atoms with Gasteiger partial charge >= 0.3 is 0 Å². The summed E-state index contributed by atoms with van der Waals surface area (Å²) in [5, 5.41) is 11.6. The van der Waals surface area contributed by atoms with Gasteiger partial charge in [0.1, 0.15) is 0 Å². The van der Waals surface area contributed by atoms with Crippen molar-refractivity contribution in [3.63, 3.8) is 0 Å². The maximum absolute atomic E-state index is 12.4. The number of hydrogen-bond donors (Lipinski definition) is 3. The number of nitrogens with one attached hydrogen (secondary N) is 2. The van der Waals surface area contributed by atoms with Crippen LogP contribution in [-0.2, 0) is 16.4 Å². The number of benzene rings is 2. The molecule has 2 atom stereocenters. The second kappa shape index (κ2) is 5.19. The zero-order valence-electron chi connectivity index (χ0n) is 12.2. The Balaban J connectivity index is 1.73. The van der Waals surface area contributed by atoms with Crippen molar-refractivity contribution in [2.45, 2.75) is 23.5 Å². The van der Waals surface area contributed by atoms with Crippen LogP contribution in [0.4, 0.5) is 0 Å². The minimum absolute atomic E-state index is 0.155. The first-order chi connectivity index (χ1) is 11.1. The number of hydrogen-bond acceptors (Lipinski definition) is 3. The third-order valence-electron chi connectivity index (χ3n) is 4.33. The Hall–Kier alpha value is -2.15. The van der Waals surface area contributed by atoms with Gasteiger partial charge in [0.25, 0.3) is 0 Å². The predicted molar refractivity (Wildman–Crippen MR) is 87.5 cm³/mol. The molecule has 3 aromatic rings. The van der Waals surface area contributed by atoms with Crippen LogP contribution < -0.4 is 4.72 Å². The summed E-state index contributed by atoms with van der Waals surface area (Å²) >= 11 is 0. The summed E-state index contributed by atoms with van der Waals surface area (Å²) in [6.07, 6.45) is 1.41. The minimum Gasteiger partial charge on any atom is -0.387 e. The fraction of sp³-hybridized carbons (Fsp3) is 0.176. The lowest BCUT2D eigenvalue weighted by Gasteiger charge is -2.30. The standard InChI is InChI=1S/C17H16N2O3S/c20-17-13-6-2-4-8-16(13)23(21,22)19-15(17)9-11-10-18-14-7-3-1-5-12(11)14/h1-8,10,15,17-20H,9H2/t15-,17-/m1/s1. The molecule has 0 radical (unpaired) electrons. The van der Waals surface area contributed by atoms with Crippen molar-refractivity contribution < 1.29 is 13.5 Å². The Labute approximate surface area is 134 Å². The van der Waals surface area contributed by atoms with Crippen molar-refractivity contribution >= 4 is 20.9 Å². The molecule has 0 fully saturated rings. The van der Waals surface area contributed by atoms with Crippen LogP contribution in [0.2, 0.25) is 0 Å². The first-order valence-electron chi connectivity index (χ1n) is 7.40. The van der Waals surface area contributed by atoms with E-state index in [4.69, 9.17) is 0 Å². The molecule has 0 amide bonds. The molecule has 1 aliphatic heterocycles. The lowest BCUT2D eigenvalue weighted by Crippen LogP contribution is -2.45. The topological polar surface area (TPSA) is 82.2 Å². The molecule has 0 saturated carbocycles. The third kappa shape index (κ3) is 2.35. The number of aromatic amines is 1. The number of para-hydroxylation sites is 1. The lowest BCUT2D eigenvalue weighted by molar-refractivity contribution is 0.132. The molecule has 3 N–H and O–H groups in total. The molecule has 2 heterocycles. The minimum atomic E-state index is -3.60. The zero-order chi connectivity index (χ0) is 16.0. The van der Waals surface area contributed by atoms with Gasteiger partial charge in [-0.2, -0.15) is 0 Å². The molecule has 2 aromatic carbocycles. The van der Waals surface area contributed by atoms with E-state index in [9.17, 15) is 13.5 Å². The van der Waals surface area contributed by atoms with E-state index in [0.717, 1.165) is 16.5 Å². The second-order valence-corrected chi connectivity index (χ2v) is 7.46. The summed E-state index contributed by atoms with van der Waals surface area (Å²) in [6.45, 7) is 0. The Morgan fingerprint density at radius 1 is 1.04 bits per heavy atom. The van der Waals surface area contributed by atoms with Crippen LogP contribution in [0.3, 0.4) is 0 Å². The predicted octanol–water partition coefficient (Wildman–Crippen LogP) is 2.10. The fourth-order valence-electron chi connectivity index (χ4n) is 3.20. The van der Waals surface area contributed by atoms with Gasteiger partial charge < -0.3 is 10.1 Å². The number of rotatable bonds is 2. The summed E-state index contributed by atoms with van der Waals surface area (Å²) in [6, 6.07) is 13.8. The Morgan fingerprint density at radius 3 is 2.65 bits per heavy atom. The highest BCUT2D eigenvalue weighted by Gasteiger charge is 2.36. The van der Waals surface area contributed by atoms with E-state index in [-0.39, 0.29) is 4.90 Å². The van der Waals surface area contributed by atoms with Gasteiger partial charge in [-0.05, 0) is 24.1 Å². The number of aromatic nitrogens is 1. The molecule has 23 heavy (non-hydrogen) atoms. The largest absolute Gasteiger partial charge is 0.387 e. The maximum atomic E-state index is 12.4. The molecule has 0 bridgehead atoms. The Kier molecular flexibility index (Phi) is 3.26. The highest BCUT2D eigenvalue weighted by atomic mass is 32.2. The Bertz CT molecular complexity index is 978. The smallest absolute Gasteiger partial charge is 0.241 e. The third-order valence-corrected chi connectivity index (χ3v) is 5.89. The molecule has 0 aliphatic carbocycles. The molecule has 6 heteroatoms. The average molecular weight is 328 g/mol. The summed E-state index contributed by atoms with van der Waals surface area (Å²) in [5.74, 6) is 0. The quantitative estimate of drug-likeness (QED) is 0.674. The van der Waals surface area contributed by atoms with Gasteiger partial charge in [-0.3, -0.25) is 0 Å². The van der Waals surface area contributed by atoms with E-state index in [1.807, 2.05) is 30.5 Å². The summed E-state index contributed by atoms with van der Waals surface area (Å²) in [5.41, 5.74) is 2.43. The lowest BCUT2D eigenvalue weighted by atomic mass is 9.96. The number of H-pyrrole nitrogens is 1. The number of sulfonamides is 1. The van der Waals surface area contributed by atoms with Crippen molar-refractivity contribution in [1.82, 2.24) is 9.71 Å². The summed E-state index contributed by atoms with van der Waals surface area (Å²) in [4.78, 5) is 3.33. The van der Waals surface area contributed by atoms with E-state index >= 15 is 0 Å². The molecule has 1 aromatic heterocycles. The molecule has 5 nitrogen and oxygen atoms in total. The zero-order valence-corrected chi connectivity index (χ0v) is 13.0. The van der Waals surface area contributed by atoms with Crippen LogP contribution in [-0.4, -0.2) is 24.6 Å². The van der Waals surface area contributed by atoms with Gasteiger partial charge in [0, 0.05) is 22.7 Å². The van der Waals surface area contributed by atoms with Crippen molar-refractivity contribution in [3.8, 4) is 0 Å². The van der Waals surface area contributed by atoms with Crippen molar-refractivity contribution in [2.75, 3.05) is 0 Å². The average Bonchev–Trinajstić information content (AvgIpc) is 2.96. The monoisotopic (exact) mass is 328 g/mol. The van der Waals surface area contributed by atoms with E-state index in [1.54, 1.807) is 18.2 Å². The molecule has 1 aliphatic rings. The number of fused-ring (bicyclic) bond motifs is 2. The first kappa shape index (κ1) is 14.4. The second-order valence-electron chi connectivity index (χ2n) is 5.77. The normalized spacial score (nSPS) is 22.8. The van der Waals surface area contributed by atoms with E-state index < -0.39 is 22.2 Å². The van der Waals surface area contributed by atoms with Gasteiger partial charge in [0.05, 0.1) is 17.0 Å². The highest BCUT2D eigenvalue weighted by Crippen LogP contribution is 2.32. The molecule has 0 saturated heterocycles. The molecule has 118 valence electrons. The summed E-state index contributed by atoms with van der Waals surface area (Å²) in [7, 11) is -3.60. The number of aliphatic hydroxyl groups excluding tert-OH is 1. The van der Waals surface area contributed by atoms with Gasteiger partial charge in [-0.15, -0.1) is 0 Å². The van der Waals surface area contributed by atoms with Crippen molar-refractivity contribution in [3.05, 3.63) is 65.9 Å². The van der Waals surface area contributed by atoms with Gasteiger partial charge in [0.2, 0.25) is 10.0 Å². The van der Waals surface area contributed by atoms with Gasteiger partial charge in [-0.25, -0.2) is 13.1 Å². The molecule has 4 rings (SSSR count). The van der Waals surface area contributed by atoms with E-state index in [0.29, 0.717) is 12.0 Å². The van der Waals surface area contributed by atoms with Gasteiger partial charge in [-0.1, -0.05) is 36.4 Å². The summed E-state index contributed by atoms with van der Waals surface area (Å²) < 4.78 is 27.4. The van der Waals surface area contributed by atoms with Crippen LogP contribution in [0.25, 0.3) is 10.9 Å². The fourth-order valence-corrected chi connectivity index (χ4v) is 4.70. The maximum Gasteiger partial charge on any atom is 0.241 e. The Morgan fingerprint density at radius 2 is 1.78 bits per heavy atom. The van der Waals surface area contributed by atoms with E-state index in [1.165, 1.54) is 6.07 Å². The van der Waals surface area contributed by atoms with Crippen molar-refractivity contribution in [1.29, 1.82) is 0 Å². The van der Waals surface area contributed by atoms with Crippen LogP contribution in [0.5, 0.6) is 0 Å². The van der Waals surface area contributed by atoms with Gasteiger partial charge in [0.15, 0.2) is 0 Å². The molecular formula is C17H16N2O3S. The van der Waals surface area contributed by atoms with Crippen LogP contribution in [0, 0.1) is 0 Å². The van der Waals surface area contributed by atoms with Crippen LogP contribution >= 0.6 is 0 Å². The molecule has 0 unspecified atom stereocenters. The van der Waals surface area contributed by atoms with Crippen LogP contribution in [0.1, 0.15) is 17.2 Å².